The van der Waals surface area contributed by atoms with Crippen LogP contribution in [0.25, 0.3) is 0 Å². The lowest BCUT2D eigenvalue weighted by atomic mass is 10.1. The molecule has 0 bridgehead atoms. The number of hydrogen-bond acceptors (Lipinski definition) is 2. The van der Waals surface area contributed by atoms with Gasteiger partial charge in [-0.3, -0.25) is 0 Å². The van der Waals surface area contributed by atoms with Gasteiger partial charge in [0.05, 0.1) is 6.10 Å². The molecule has 2 nitrogen and oxygen atoms in total. The van der Waals surface area contributed by atoms with Crippen LogP contribution in [-0.2, 0) is 6.42 Å². The molecule has 0 amide bonds. The van der Waals surface area contributed by atoms with E-state index in [1.807, 2.05) is 0 Å². The van der Waals surface area contributed by atoms with Gasteiger partial charge in [0.1, 0.15) is 0 Å². The van der Waals surface area contributed by atoms with Crippen LogP contribution in [0.2, 0.25) is 0 Å². The van der Waals surface area contributed by atoms with Crippen molar-refractivity contribution in [3.8, 4) is 0 Å². The van der Waals surface area contributed by atoms with Crippen molar-refractivity contribution >= 4 is 0 Å². The molecule has 1 rings (SSSR count). The molecule has 0 fully saturated rings. The molecule has 0 heterocycles. The molecule has 0 saturated heterocycles. The third kappa shape index (κ3) is 3.90. The number of benzene rings is 1. The van der Waals surface area contributed by atoms with Crippen LogP contribution in [0, 0.1) is 6.92 Å². The molecule has 0 aliphatic rings. The summed E-state index contributed by atoms with van der Waals surface area (Å²) in [6.07, 6.45) is 0.770. The van der Waals surface area contributed by atoms with Crippen LogP contribution in [0.5, 0.6) is 0 Å². The minimum absolute atomic E-state index is 0.258. The normalized spacial score (nSPS) is 12.8. The molecular weight excluding hydrogens is 174 g/mol. The molecule has 78 valence electrons. The summed E-state index contributed by atoms with van der Waals surface area (Å²) in [5, 5.41) is 12.3. The highest BCUT2D eigenvalue weighted by molar-refractivity contribution is 5.25. The van der Waals surface area contributed by atoms with E-state index in [0.29, 0.717) is 6.54 Å². The number of aliphatic hydroxyl groups excluding tert-OH is 1. The Hall–Kier alpha value is -0.860. The minimum atomic E-state index is -0.258. The zero-order valence-corrected chi connectivity index (χ0v) is 8.96. The van der Waals surface area contributed by atoms with Gasteiger partial charge in [-0.15, -0.1) is 0 Å². The lowest BCUT2D eigenvalue weighted by molar-refractivity contribution is 0.191. The minimum Gasteiger partial charge on any atom is -0.392 e. The molecule has 1 aromatic carbocycles. The van der Waals surface area contributed by atoms with Gasteiger partial charge in [0.15, 0.2) is 0 Å². The van der Waals surface area contributed by atoms with Gasteiger partial charge < -0.3 is 10.4 Å². The fourth-order valence-electron chi connectivity index (χ4n) is 1.42. The first-order chi connectivity index (χ1) is 6.70. The van der Waals surface area contributed by atoms with E-state index in [1.165, 1.54) is 11.1 Å². The molecule has 0 saturated carbocycles. The molecule has 2 N–H and O–H groups in total. The standard InChI is InChI=1S/C12H19NO/c1-10-5-3-4-6-12(10)7-8-13-9-11(2)14/h3-6,11,13-14H,7-9H2,1-2H3. The van der Waals surface area contributed by atoms with E-state index in [9.17, 15) is 0 Å². The molecule has 2 heteroatoms. The summed E-state index contributed by atoms with van der Waals surface area (Å²) in [6.45, 7) is 5.52. The second-order valence-electron chi connectivity index (χ2n) is 3.73. The summed E-state index contributed by atoms with van der Waals surface area (Å²) < 4.78 is 0. The summed E-state index contributed by atoms with van der Waals surface area (Å²) in [4.78, 5) is 0. The van der Waals surface area contributed by atoms with Crippen molar-refractivity contribution in [2.75, 3.05) is 13.1 Å². The monoisotopic (exact) mass is 193 g/mol. The summed E-state index contributed by atoms with van der Waals surface area (Å²) >= 11 is 0. The number of rotatable bonds is 5. The van der Waals surface area contributed by atoms with E-state index in [4.69, 9.17) is 5.11 Å². The van der Waals surface area contributed by atoms with Gasteiger partial charge in [-0.25, -0.2) is 0 Å². The van der Waals surface area contributed by atoms with Gasteiger partial charge in [0, 0.05) is 6.54 Å². The summed E-state index contributed by atoms with van der Waals surface area (Å²) in [5.41, 5.74) is 2.72. The maximum atomic E-state index is 9.04. The highest BCUT2D eigenvalue weighted by Crippen LogP contribution is 2.06. The average molecular weight is 193 g/mol. The molecule has 0 aliphatic carbocycles. The van der Waals surface area contributed by atoms with E-state index in [-0.39, 0.29) is 6.10 Å². The molecule has 0 aliphatic heterocycles. The molecule has 0 aromatic heterocycles. The third-order valence-electron chi connectivity index (χ3n) is 2.27. The van der Waals surface area contributed by atoms with E-state index >= 15 is 0 Å². The van der Waals surface area contributed by atoms with Crippen LogP contribution >= 0.6 is 0 Å². The van der Waals surface area contributed by atoms with E-state index in [1.54, 1.807) is 6.92 Å². The summed E-state index contributed by atoms with van der Waals surface area (Å²) in [5.74, 6) is 0. The van der Waals surface area contributed by atoms with Gasteiger partial charge in [-0.1, -0.05) is 24.3 Å². The van der Waals surface area contributed by atoms with Crippen molar-refractivity contribution in [2.45, 2.75) is 26.4 Å². The van der Waals surface area contributed by atoms with Crippen molar-refractivity contribution in [1.29, 1.82) is 0 Å². The van der Waals surface area contributed by atoms with E-state index in [2.05, 4.69) is 36.5 Å². The van der Waals surface area contributed by atoms with Gasteiger partial charge in [-0.05, 0) is 37.9 Å². The zero-order valence-electron chi connectivity index (χ0n) is 8.96. The third-order valence-corrected chi connectivity index (χ3v) is 2.27. The largest absolute Gasteiger partial charge is 0.392 e. The Bertz CT molecular complexity index is 271. The molecule has 1 atom stereocenters. The number of hydrogen-bond donors (Lipinski definition) is 2. The van der Waals surface area contributed by atoms with Crippen LogP contribution in [-0.4, -0.2) is 24.3 Å². The average Bonchev–Trinajstić information content (AvgIpc) is 2.15. The molecule has 0 spiro atoms. The Labute approximate surface area is 86.0 Å². The SMILES string of the molecule is Cc1ccccc1CCNCC(C)O. The van der Waals surface area contributed by atoms with Crippen molar-refractivity contribution in [3.05, 3.63) is 35.4 Å². The van der Waals surface area contributed by atoms with E-state index in [0.717, 1.165) is 13.0 Å². The highest BCUT2D eigenvalue weighted by atomic mass is 16.3. The van der Waals surface area contributed by atoms with Crippen LogP contribution in [0.3, 0.4) is 0 Å². The fraction of sp³-hybridized carbons (Fsp3) is 0.500. The first kappa shape index (κ1) is 11.2. The second kappa shape index (κ2) is 5.78. The number of aryl methyl sites for hydroxylation is 1. The molecule has 0 radical (unpaired) electrons. The predicted molar refractivity (Wildman–Crippen MR) is 59.4 cm³/mol. The van der Waals surface area contributed by atoms with Crippen molar-refractivity contribution in [3.63, 3.8) is 0 Å². The van der Waals surface area contributed by atoms with Crippen LogP contribution in [0.4, 0.5) is 0 Å². The van der Waals surface area contributed by atoms with Crippen LogP contribution in [0.15, 0.2) is 24.3 Å². The smallest absolute Gasteiger partial charge is 0.0636 e. The first-order valence-corrected chi connectivity index (χ1v) is 5.13. The Kier molecular flexibility index (Phi) is 4.63. The van der Waals surface area contributed by atoms with Gasteiger partial charge in [0.25, 0.3) is 0 Å². The molecule has 14 heavy (non-hydrogen) atoms. The van der Waals surface area contributed by atoms with Gasteiger partial charge in [0.2, 0.25) is 0 Å². The Balaban J connectivity index is 2.28. The number of aliphatic hydroxyl groups is 1. The molecule has 1 unspecified atom stereocenters. The number of nitrogens with one attached hydrogen (secondary N) is 1. The molecule has 1 aromatic rings. The zero-order chi connectivity index (χ0) is 10.4. The van der Waals surface area contributed by atoms with Crippen LogP contribution in [0.1, 0.15) is 18.1 Å². The second-order valence-corrected chi connectivity index (χ2v) is 3.73. The van der Waals surface area contributed by atoms with E-state index < -0.39 is 0 Å². The lowest BCUT2D eigenvalue weighted by Gasteiger charge is -2.08. The maximum Gasteiger partial charge on any atom is 0.0636 e. The first-order valence-electron chi connectivity index (χ1n) is 5.13. The summed E-state index contributed by atoms with van der Waals surface area (Å²) in [6, 6.07) is 8.41. The maximum absolute atomic E-state index is 9.04. The Morgan fingerprint density at radius 2 is 2.07 bits per heavy atom. The summed E-state index contributed by atoms with van der Waals surface area (Å²) in [7, 11) is 0. The fourth-order valence-corrected chi connectivity index (χ4v) is 1.42. The predicted octanol–water partition coefficient (Wildman–Crippen LogP) is 1.51. The van der Waals surface area contributed by atoms with Gasteiger partial charge in [-0.2, -0.15) is 0 Å². The Morgan fingerprint density at radius 3 is 2.71 bits per heavy atom. The lowest BCUT2D eigenvalue weighted by Crippen LogP contribution is -2.26. The Morgan fingerprint density at radius 1 is 1.36 bits per heavy atom. The van der Waals surface area contributed by atoms with Crippen molar-refractivity contribution in [2.24, 2.45) is 0 Å². The highest BCUT2D eigenvalue weighted by Gasteiger charge is 1.97. The van der Waals surface area contributed by atoms with Gasteiger partial charge >= 0.3 is 0 Å². The molecular formula is C12H19NO. The van der Waals surface area contributed by atoms with Crippen LogP contribution < -0.4 is 5.32 Å². The topological polar surface area (TPSA) is 32.3 Å². The quantitative estimate of drug-likeness (QED) is 0.695. The van der Waals surface area contributed by atoms with Crippen molar-refractivity contribution < 1.29 is 5.11 Å². The van der Waals surface area contributed by atoms with Crippen molar-refractivity contribution in [1.82, 2.24) is 5.32 Å².